The Hall–Kier alpha value is -4.43. The number of pyridine rings is 2. The molecule has 188 valence electrons. The summed E-state index contributed by atoms with van der Waals surface area (Å²) in [4.78, 5) is 19.7. The molecule has 0 aliphatic heterocycles. The topological polar surface area (TPSA) is 141 Å². The van der Waals surface area contributed by atoms with E-state index in [9.17, 15) is 19.6 Å². The first-order chi connectivity index (χ1) is 17.4. The first-order valence-corrected chi connectivity index (χ1v) is 11.1. The fourth-order valence-electron chi connectivity index (χ4n) is 3.39. The predicted molar refractivity (Wildman–Crippen MR) is 132 cm³/mol. The lowest BCUT2D eigenvalue weighted by atomic mass is 10.0. The van der Waals surface area contributed by atoms with Gasteiger partial charge in [0, 0.05) is 31.1 Å². The molecule has 0 aliphatic carbocycles. The zero-order valence-corrected chi connectivity index (χ0v) is 19.9. The molecule has 0 aliphatic rings. The van der Waals surface area contributed by atoms with Gasteiger partial charge in [-0.05, 0) is 31.0 Å². The van der Waals surface area contributed by atoms with Crippen molar-refractivity contribution < 1.29 is 23.8 Å². The highest BCUT2D eigenvalue weighted by Crippen LogP contribution is 2.26. The third-order valence-corrected chi connectivity index (χ3v) is 5.21. The number of carboxylic acid groups (broad SMARTS) is 1. The van der Waals surface area contributed by atoms with Gasteiger partial charge in [0.05, 0.1) is 18.2 Å². The number of nitrogens with one attached hydrogen (secondary N) is 3. The lowest BCUT2D eigenvalue weighted by Crippen LogP contribution is -2.45. The molecule has 0 fully saturated rings. The van der Waals surface area contributed by atoms with Crippen LogP contribution in [0, 0.1) is 17.1 Å². The van der Waals surface area contributed by atoms with Crippen LogP contribution in [0.4, 0.5) is 26.5 Å². The lowest BCUT2D eigenvalue weighted by Gasteiger charge is -2.26. The van der Waals surface area contributed by atoms with Gasteiger partial charge in [0.25, 0.3) is 0 Å². The average Bonchev–Trinajstić information content (AvgIpc) is 2.86. The molecule has 10 nitrogen and oxygen atoms in total. The van der Waals surface area contributed by atoms with E-state index in [1.165, 1.54) is 6.20 Å². The number of methoxy groups -OCH3 is 1. The number of hydrogen-bond donors (Lipinski definition) is 4. The number of carbonyl (C=O) groups is 1. The van der Waals surface area contributed by atoms with Gasteiger partial charge in [-0.1, -0.05) is 30.3 Å². The molecule has 4 N–H and O–H groups in total. The minimum Gasteiger partial charge on any atom is -0.475 e. The van der Waals surface area contributed by atoms with E-state index in [-0.39, 0.29) is 17.2 Å². The van der Waals surface area contributed by atoms with E-state index >= 15 is 0 Å². The van der Waals surface area contributed by atoms with Crippen LogP contribution >= 0.6 is 0 Å². The van der Waals surface area contributed by atoms with Crippen molar-refractivity contribution in [2.45, 2.75) is 25.4 Å². The average molecular weight is 495 g/mol. The third kappa shape index (κ3) is 7.54. The van der Waals surface area contributed by atoms with Crippen LogP contribution < -0.4 is 20.7 Å². The zero-order valence-electron chi connectivity index (χ0n) is 19.9. The largest absolute Gasteiger partial charge is 0.475 e. The van der Waals surface area contributed by atoms with E-state index in [4.69, 9.17) is 9.47 Å². The fourth-order valence-corrected chi connectivity index (χ4v) is 3.39. The molecule has 3 aromatic rings. The van der Waals surface area contributed by atoms with Crippen LogP contribution in [0.2, 0.25) is 0 Å². The van der Waals surface area contributed by atoms with Gasteiger partial charge in [-0.25, -0.2) is 19.2 Å². The van der Waals surface area contributed by atoms with E-state index in [2.05, 4.69) is 25.9 Å². The number of rotatable bonds is 12. The smallest absolute Gasteiger partial charge is 0.404 e. The third-order valence-electron chi connectivity index (χ3n) is 5.21. The summed E-state index contributed by atoms with van der Waals surface area (Å²) < 4.78 is 25.4. The Balaban J connectivity index is 1.87. The van der Waals surface area contributed by atoms with E-state index in [0.29, 0.717) is 31.2 Å². The maximum Gasteiger partial charge on any atom is 0.404 e. The van der Waals surface area contributed by atoms with Crippen molar-refractivity contribution in [3.05, 3.63) is 71.7 Å². The number of amides is 1. The normalized spacial score (nSPS) is 12.2. The van der Waals surface area contributed by atoms with E-state index in [1.54, 1.807) is 26.2 Å². The molecule has 2 heterocycles. The van der Waals surface area contributed by atoms with Crippen molar-refractivity contribution in [2.24, 2.45) is 0 Å². The number of nitriles is 1. The molecule has 0 spiro atoms. The van der Waals surface area contributed by atoms with Crippen LogP contribution in [-0.4, -0.2) is 53.6 Å². The maximum atomic E-state index is 14.9. The Morgan fingerprint density at radius 3 is 2.67 bits per heavy atom. The lowest BCUT2D eigenvalue weighted by molar-refractivity contribution is 0.144. The number of halogens is 1. The SMILES string of the molecule is COCCOc1cc(Nc2nc(N[C@H](Cc3ccccc3)[C@H](C)NC(=O)O)c(F)cc2C#N)ccn1. The van der Waals surface area contributed by atoms with Crippen molar-refractivity contribution in [1.29, 1.82) is 5.26 Å². The Morgan fingerprint density at radius 2 is 1.97 bits per heavy atom. The molecule has 0 saturated carbocycles. The van der Waals surface area contributed by atoms with Gasteiger partial charge in [-0.3, -0.25) is 0 Å². The molecule has 0 radical (unpaired) electrons. The molecule has 0 unspecified atom stereocenters. The van der Waals surface area contributed by atoms with Crippen molar-refractivity contribution in [2.75, 3.05) is 31.0 Å². The Kier molecular flexibility index (Phi) is 9.36. The van der Waals surface area contributed by atoms with Crippen LogP contribution in [0.1, 0.15) is 18.1 Å². The molecular formula is C25H27FN6O4. The summed E-state index contributed by atoms with van der Waals surface area (Å²) in [5.41, 5.74) is 1.45. The van der Waals surface area contributed by atoms with Crippen LogP contribution in [-0.2, 0) is 11.2 Å². The minimum atomic E-state index is -1.20. The molecular weight excluding hydrogens is 467 g/mol. The number of nitrogens with zero attached hydrogens (tertiary/aromatic N) is 3. The highest BCUT2D eigenvalue weighted by Gasteiger charge is 2.22. The highest BCUT2D eigenvalue weighted by atomic mass is 19.1. The predicted octanol–water partition coefficient (Wildman–Crippen LogP) is 3.94. The van der Waals surface area contributed by atoms with Gasteiger partial charge < -0.3 is 30.5 Å². The summed E-state index contributed by atoms with van der Waals surface area (Å²) in [6.07, 6.45) is 0.728. The summed E-state index contributed by atoms with van der Waals surface area (Å²) in [5.74, 6) is -0.404. The standard InChI is InChI=1S/C25H27FN6O4/c1-16(29-25(33)34)21(12-17-6-4-3-5-7-17)31-24-20(26)13-18(15-27)23(32-24)30-19-8-9-28-22(14-19)36-11-10-35-2/h3-9,13-14,16,21,29H,10-12H2,1-2H3,(H,33,34)(H2,28,30,31,32)/t16-,21+/m0/s1. The molecule has 1 aromatic carbocycles. The van der Waals surface area contributed by atoms with Gasteiger partial charge >= 0.3 is 6.09 Å². The molecule has 11 heteroatoms. The van der Waals surface area contributed by atoms with Gasteiger partial charge in [0.2, 0.25) is 5.88 Å². The van der Waals surface area contributed by atoms with Crippen LogP contribution in [0.25, 0.3) is 0 Å². The summed E-state index contributed by atoms with van der Waals surface area (Å²) in [5, 5.41) is 27.2. The molecule has 36 heavy (non-hydrogen) atoms. The van der Waals surface area contributed by atoms with Gasteiger partial charge in [-0.2, -0.15) is 5.26 Å². The van der Waals surface area contributed by atoms with Crippen molar-refractivity contribution in [1.82, 2.24) is 15.3 Å². The van der Waals surface area contributed by atoms with Gasteiger partial charge in [0.15, 0.2) is 17.5 Å². The number of benzene rings is 1. The molecule has 2 aromatic heterocycles. The van der Waals surface area contributed by atoms with Crippen LogP contribution in [0.5, 0.6) is 5.88 Å². The molecule has 1 amide bonds. The van der Waals surface area contributed by atoms with Crippen molar-refractivity contribution in [3.8, 4) is 11.9 Å². The number of aromatic nitrogens is 2. The summed E-state index contributed by atoms with van der Waals surface area (Å²) >= 11 is 0. The van der Waals surface area contributed by atoms with E-state index in [0.717, 1.165) is 11.6 Å². The summed E-state index contributed by atoms with van der Waals surface area (Å²) in [6, 6.07) is 14.6. The van der Waals surface area contributed by atoms with Crippen molar-refractivity contribution >= 4 is 23.4 Å². The van der Waals surface area contributed by atoms with Crippen LogP contribution in [0.15, 0.2) is 54.7 Å². The number of ether oxygens (including phenoxy) is 2. The molecule has 0 saturated heterocycles. The summed E-state index contributed by atoms with van der Waals surface area (Å²) in [7, 11) is 1.56. The molecule has 2 atom stereocenters. The van der Waals surface area contributed by atoms with Crippen LogP contribution in [0.3, 0.4) is 0 Å². The molecule has 0 bridgehead atoms. The number of anilines is 3. The maximum absolute atomic E-state index is 14.9. The quantitative estimate of drug-likeness (QED) is 0.276. The van der Waals surface area contributed by atoms with Gasteiger partial charge in [0.1, 0.15) is 12.7 Å². The Morgan fingerprint density at radius 1 is 1.19 bits per heavy atom. The minimum absolute atomic E-state index is 0.00645. The highest BCUT2D eigenvalue weighted by molar-refractivity contribution is 5.66. The van der Waals surface area contributed by atoms with E-state index in [1.807, 2.05) is 36.4 Å². The monoisotopic (exact) mass is 494 g/mol. The first-order valence-electron chi connectivity index (χ1n) is 11.1. The fraction of sp³-hybridized carbons (Fsp3) is 0.280. The Bertz CT molecular complexity index is 1200. The second-order valence-corrected chi connectivity index (χ2v) is 7.85. The van der Waals surface area contributed by atoms with Crippen molar-refractivity contribution in [3.63, 3.8) is 0 Å². The zero-order chi connectivity index (χ0) is 25.9. The number of hydrogen-bond acceptors (Lipinski definition) is 8. The second kappa shape index (κ2) is 12.9. The Labute approximate surface area is 208 Å². The molecule has 3 rings (SSSR count). The first kappa shape index (κ1) is 26.2. The van der Waals surface area contributed by atoms with Gasteiger partial charge in [-0.15, -0.1) is 0 Å². The van der Waals surface area contributed by atoms with E-state index < -0.39 is 24.0 Å². The second-order valence-electron chi connectivity index (χ2n) is 7.85. The summed E-state index contributed by atoms with van der Waals surface area (Å²) in [6.45, 7) is 2.38.